The molecule has 0 radical (unpaired) electrons. The average Bonchev–Trinajstić information content (AvgIpc) is 2.82. The van der Waals surface area contributed by atoms with E-state index < -0.39 is 11.7 Å². The van der Waals surface area contributed by atoms with Crippen LogP contribution in [0.2, 0.25) is 0 Å². The van der Waals surface area contributed by atoms with Gasteiger partial charge in [0.25, 0.3) is 0 Å². The summed E-state index contributed by atoms with van der Waals surface area (Å²) < 4.78 is 39.4. The smallest absolute Gasteiger partial charge is 0.323 e. The van der Waals surface area contributed by atoms with Crippen LogP contribution in [0.4, 0.5) is 13.2 Å². The van der Waals surface area contributed by atoms with E-state index in [0.29, 0.717) is 12.1 Å². The van der Waals surface area contributed by atoms with Crippen molar-refractivity contribution in [2.45, 2.75) is 32.6 Å². The van der Waals surface area contributed by atoms with Gasteiger partial charge in [-0.05, 0) is 37.6 Å². The van der Waals surface area contributed by atoms with Gasteiger partial charge in [-0.15, -0.1) is 0 Å². The fraction of sp³-hybridized carbons (Fsp3) is 0.357. The Balaban J connectivity index is 2.41. The molecule has 20 heavy (non-hydrogen) atoms. The van der Waals surface area contributed by atoms with E-state index >= 15 is 0 Å². The zero-order valence-corrected chi connectivity index (χ0v) is 11.3. The van der Waals surface area contributed by atoms with Crippen LogP contribution in [0.1, 0.15) is 31.1 Å². The molecule has 2 aromatic rings. The maximum atomic E-state index is 12.5. The number of alkyl halides is 3. The summed E-state index contributed by atoms with van der Waals surface area (Å²) in [6, 6.07) is 6.67. The van der Waals surface area contributed by atoms with Crippen molar-refractivity contribution < 1.29 is 13.2 Å². The molecule has 1 aromatic carbocycles. The molecule has 0 aliphatic heterocycles. The van der Waals surface area contributed by atoms with Gasteiger partial charge >= 0.3 is 6.18 Å². The second-order valence-electron chi connectivity index (χ2n) is 4.63. The molecule has 1 atom stereocenters. The number of rotatable bonds is 3. The number of halogens is 3. The molecule has 1 heterocycles. The molecule has 6 heteroatoms. The summed E-state index contributed by atoms with van der Waals surface area (Å²) in [5, 5.41) is 4.35. The van der Waals surface area contributed by atoms with Crippen LogP contribution in [0.25, 0.3) is 11.3 Å². The highest BCUT2D eigenvalue weighted by molar-refractivity contribution is 5.60. The van der Waals surface area contributed by atoms with Crippen molar-refractivity contribution in [1.82, 2.24) is 9.78 Å². The normalized spacial score (nSPS) is 13.5. The number of aromatic nitrogens is 2. The van der Waals surface area contributed by atoms with Crippen LogP contribution >= 0.6 is 0 Å². The number of nitrogens with zero attached hydrogens (tertiary/aromatic N) is 2. The van der Waals surface area contributed by atoms with Crippen LogP contribution in [0, 0.1) is 0 Å². The number of nitrogens with two attached hydrogens (primary N) is 1. The van der Waals surface area contributed by atoms with Crippen molar-refractivity contribution in [1.29, 1.82) is 0 Å². The first kappa shape index (κ1) is 14.6. The van der Waals surface area contributed by atoms with Gasteiger partial charge in [-0.1, -0.05) is 12.1 Å². The lowest BCUT2D eigenvalue weighted by molar-refractivity contribution is -0.137. The second-order valence-corrected chi connectivity index (χ2v) is 4.63. The molecule has 0 spiro atoms. The molecule has 0 aliphatic carbocycles. The lowest BCUT2D eigenvalue weighted by atomic mass is 10.1. The summed E-state index contributed by atoms with van der Waals surface area (Å²) in [5.74, 6) is 0. The minimum Gasteiger partial charge on any atom is -0.323 e. The minimum atomic E-state index is -4.32. The highest BCUT2D eigenvalue weighted by atomic mass is 19.4. The maximum Gasteiger partial charge on any atom is 0.416 e. The third-order valence-corrected chi connectivity index (χ3v) is 3.07. The maximum absolute atomic E-state index is 12.5. The molecule has 1 unspecified atom stereocenters. The molecule has 0 saturated heterocycles. The molecule has 0 amide bonds. The third-order valence-electron chi connectivity index (χ3n) is 3.07. The van der Waals surface area contributed by atoms with Crippen molar-refractivity contribution in [3.8, 4) is 11.3 Å². The highest BCUT2D eigenvalue weighted by Gasteiger charge is 2.30. The first-order valence-corrected chi connectivity index (χ1v) is 6.34. The van der Waals surface area contributed by atoms with Gasteiger partial charge < -0.3 is 5.73 Å². The predicted molar refractivity (Wildman–Crippen MR) is 70.9 cm³/mol. The Hall–Kier alpha value is -1.82. The number of hydrogen-bond donors (Lipinski definition) is 1. The zero-order valence-electron chi connectivity index (χ0n) is 11.3. The molecular formula is C14H16F3N3. The minimum absolute atomic E-state index is 0.212. The van der Waals surface area contributed by atoms with Crippen LogP contribution in [0.5, 0.6) is 0 Å². The molecule has 0 saturated carbocycles. The molecule has 0 aliphatic rings. The van der Waals surface area contributed by atoms with Gasteiger partial charge in [-0.2, -0.15) is 18.3 Å². The van der Waals surface area contributed by atoms with Crippen LogP contribution in [-0.2, 0) is 12.7 Å². The largest absolute Gasteiger partial charge is 0.416 e. The summed E-state index contributed by atoms with van der Waals surface area (Å²) in [6.07, 6.45) is -4.32. The van der Waals surface area contributed by atoms with Crippen molar-refractivity contribution in [3.63, 3.8) is 0 Å². The van der Waals surface area contributed by atoms with Gasteiger partial charge in [0.15, 0.2) is 0 Å². The van der Waals surface area contributed by atoms with Crippen molar-refractivity contribution in [2.24, 2.45) is 5.73 Å². The van der Waals surface area contributed by atoms with E-state index in [4.69, 9.17) is 5.73 Å². The van der Waals surface area contributed by atoms with Crippen molar-refractivity contribution >= 4 is 0 Å². The molecule has 3 nitrogen and oxygen atoms in total. The molecule has 2 N–H and O–H groups in total. The molecule has 0 bridgehead atoms. The number of benzene rings is 1. The lowest BCUT2D eigenvalue weighted by Gasteiger charge is -2.08. The summed E-state index contributed by atoms with van der Waals surface area (Å²) in [6.45, 7) is 4.37. The van der Waals surface area contributed by atoms with Gasteiger partial charge in [0, 0.05) is 12.6 Å². The molecule has 1 aromatic heterocycles. The quantitative estimate of drug-likeness (QED) is 0.935. The van der Waals surface area contributed by atoms with Crippen molar-refractivity contribution in [3.05, 3.63) is 41.6 Å². The van der Waals surface area contributed by atoms with Gasteiger partial charge in [0.1, 0.15) is 0 Å². The topological polar surface area (TPSA) is 43.8 Å². The van der Waals surface area contributed by atoms with Gasteiger partial charge in [0.05, 0.1) is 17.0 Å². The Morgan fingerprint density at radius 3 is 2.30 bits per heavy atom. The number of hydrogen-bond acceptors (Lipinski definition) is 2. The summed E-state index contributed by atoms with van der Waals surface area (Å²) >= 11 is 0. The van der Waals surface area contributed by atoms with E-state index in [1.807, 2.05) is 19.9 Å². The first-order chi connectivity index (χ1) is 9.32. The van der Waals surface area contributed by atoms with E-state index in [0.717, 1.165) is 23.5 Å². The Morgan fingerprint density at radius 1 is 1.25 bits per heavy atom. The Kier molecular flexibility index (Phi) is 3.85. The predicted octanol–water partition coefficient (Wildman–Crippen LogP) is 3.61. The van der Waals surface area contributed by atoms with Crippen LogP contribution < -0.4 is 5.73 Å². The Morgan fingerprint density at radius 2 is 1.85 bits per heavy atom. The summed E-state index contributed by atoms with van der Waals surface area (Å²) in [5.41, 5.74) is 7.32. The molecule has 0 fully saturated rings. The summed E-state index contributed by atoms with van der Waals surface area (Å²) in [4.78, 5) is 0. The lowest BCUT2D eigenvalue weighted by Crippen LogP contribution is -2.07. The zero-order chi connectivity index (χ0) is 14.9. The average molecular weight is 283 g/mol. The van der Waals surface area contributed by atoms with Gasteiger partial charge in [-0.3, -0.25) is 4.68 Å². The van der Waals surface area contributed by atoms with Crippen molar-refractivity contribution in [2.75, 3.05) is 0 Å². The molecule has 2 rings (SSSR count). The fourth-order valence-electron chi connectivity index (χ4n) is 1.96. The van der Waals surface area contributed by atoms with E-state index in [9.17, 15) is 13.2 Å². The second kappa shape index (κ2) is 5.28. The van der Waals surface area contributed by atoms with E-state index in [-0.39, 0.29) is 6.04 Å². The highest BCUT2D eigenvalue weighted by Crippen LogP contribution is 2.31. The van der Waals surface area contributed by atoms with Crippen LogP contribution in [-0.4, -0.2) is 9.78 Å². The molecule has 108 valence electrons. The third kappa shape index (κ3) is 2.85. The Labute approximate surface area is 115 Å². The van der Waals surface area contributed by atoms with E-state index in [2.05, 4.69) is 5.10 Å². The molecular weight excluding hydrogens is 267 g/mol. The Bertz CT molecular complexity index is 583. The van der Waals surface area contributed by atoms with E-state index in [1.165, 1.54) is 12.1 Å². The summed E-state index contributed by atoms with van der Waals surface area (Å²) in [7, 11) is 0. The fourth-order valence-corrected chi connectivity index (χ4v) is 1.96. The standard InChI is InChI=1S/C14H16F3N3/c1-3-20-13(8-12(19-20)9(2)18)10-4-6-11(7-5-10)14(15,16)17/h4-9H,3,18H2,1-2H3. The monoisotopic (exact) mass is 283 g/mol. The SMILES string of the molecule is CCn1nc(C(C)N)cc1-c1ccc(C(F)(F)F)cc1. The van der Waals surface area contributed by atoms with Gasteiger partial charge in [0.2, 0.25) is 0 Å². The first-order valence-electron chi connectivity index (χ1n) is 6.34. The number of aryl methyl sites for hydroxylation is 1. The van der Waals surface area contributed by atoms with E-state index in [1.54, 1.807) is 4.68 Å². The van der Waals surface area contributed by atoms with Gasteiger partial charge in [-0.25, -0.2) is 0 Å². The van der Waals surface area contributed by atoms with Crippen LogP contribution in [0.15, 0.2) is 30.3 Å². The van der Waals surface area contributed by atoms with Crippen LogP contribution in [0.3, 0.4) is 0 Å².